The third-order valence-electron chi connectivity index (χ3n) is 0.187. The summed E-state index contributed by atoms with van der Waals surface area (Å²) in [5.41, 5.74) is 4.60. The van der Waals surface area contributed by atoms with E-state index in [0.717, 1.165) is 0 Å². The van der Waals surface area contributed by atoms with Crippen molar-refractivity contribution in [3.8, 4) is 0 Å². The van der Waals surface area contributed by atoms with Crippen molar-refractivity contribution in [2.45, 2.75) is 20.1 Å². The first kappa shape index (κ1) is 16.7. The Labute approximate surface area is 79.3 Å². The molecule has 0 fully saturated rings. The minimum Gasteiger partial charge on any atom is -0.392 e. The highest BCUT2D eigenvalue weighted by molar-refractivity contribution is 15.0. The molecule has 1 unspecified atom stereocenters. The predicted molar refractivity (Wildman–Crippen MR) is 56.7 cm³/mol. The van der Waals surface area contributed by atoms with Crippen LogP contribution in [-0.2, 0) is 0 Å². The van der Waals surface area contributed by atoms with Gasteiger partial charge < -0.3 is 15.9 Å². The molecular formula is C4H13I2NO2. The van der Waals surface area contributed by atoms with E-state index in [1.54, 1.807) is 0 Å². The maximum Gasteiger partial charge on any atom is 0.125 e. The van der Waals surface area contributed by atoms with E-state index in [2.05, 4.69) is 43.0 Å². The molecule has 5 heteroatoms. The summed E-state index contributed by atoms with van der Waals surface area (Å²) in [5.74, 6) is 0. The fourth-order valence-corrected chi connectivity index (χ4v) is 0. The van der Waals surface area contributed by atoms with Crippen molar-refractivity contribution in [3.63, 3.8) is 0 Å². The van der Waals surface area contributed by atoms with Crippen molar-refractivity contribution >= 4 is 37.2 Å². The first-order valence-electron chi connectivity index (χ1n) is 2.46. The SMILES string of the molecule is CC.II.NC(O)CO. The van der Waals surface area contributed by atoms with Gasteiger partial charge in [0.15, 0.2) is 0 Å². The van der Waals surface area contributed by atoms with Crippen molar-refractivity contribution < 1.29 is 10.2 Å². The molecule has 0 spiro atoms. The van der Waals surface area contributed by atoms with Crippen molar-refractivity contribution in [3.05, 3.63) is 0 Å². The molecule has 60 valence electrons. The molecule has 0 aromatic rings. The number of hydrogen-bond donors (Lipinski definition) is 3. The normalized spacial score (nSPS) is 9.67. The summed E-state index contributed by atoms with van der Waals surface area (Å²) < 4.78 is 0. The largest absolute Gasteiger partial charge is 0.392 e. The minimum absolute atomic E-state index is 0.361. The summed E-state index contributed by atoms with van der Waals surface area (Å²) in [6.07, 6.45) is -1.06. The number of rotatable bonds is 1. The molecule has 0 aromatic carbocycles. The maximum atomic E-state index is 7.89. The Balaban J connectivity index is -0.0000000771. The molecular weight excluding hydrogens is 348 g/mol. The number of nitrogens with two attached hydrogens (primary N) is 1. The molecule has 0 aliphatic heterocycles. The van der Waals surface area contributed by atoms with Gasteiger partial charge in [-0.2, -0.15) is 0 Å². The fourth-order valence-electron chi connectivity index (χ4n) is 0. The quantitative estimate of drug-likeness (QED) is 0.484. The second kappa shape index (κ2) is 22.8. The molecule has 9 heavy (non-hydrogen) atoms. The summed E-state index contributed by atoms with van der Waals surface area (Å²) >= 11 is 4.24. The molecule has 0 heterocycles. The smallest absolute Gasteiger partial charge is 0.125 e. The van der Waals surface area contributed by atoms with Gasteiger partial charge >= 0.3 is 0 Å². The topological polar surface area (TPSA) is 66.5 Å². The van der Waals surface area contributed by atoms with E-state index in [1.807, 2.05) is 13.8 Å². The summed E-state index contributed by atoms with van der Waals surface area (Å²) in [7, 11) is 0. The van der Waals surface area contributed by atoms with Gasteiger partial charge in [-0.15, -0.1) is 0 Å². The average Bonchev–Trinajstić information content (AvgIpc) is 1.97. The van der Waals surface area contributed by atoms with Crippen LogP contribution in [0.3, 0.4) is 0 Å². The van der Waals surface area contributed by atoms with Crippen LogP contribution in [0.1, 0.15) is 13.8 Å². The molecule has 0 rings (SSSR count). The highest BCUT2D eigenvalue weighted by Gasteiger charge is 1.83. The molecule has 3 nitrogen and oxygen atoms in total. The second-order valence-electron chi connectivity index (χ2n) is 0.750. The molecule has 0 saturated heterocycles. The minimum atomic E-state index is -1.06. The molecule has 0 aliphatic rings. The van der Waals surface area contributed by atoms with Crippen LogP contribution < -0.4 is 5.73 Å². The molecule has 0 saturated carbocycles. The van der Waals surface area contributed by atoms with Gasteiger partial charge in [-0.25, -0.2) is 0 Å². The second-order valence-corrected chi connectivity index (χ2v) is 0.750. The molecule has 0 radical (unpaired) electrons. The van der Waals surface area contributed by atoms with Crippen molar-refractivity contribution in [2.24, 2.45) is 5.73 Å². The van der Waals surface area contributed by atoms with Crippen molar-refractivity contribution in [2.75, 3.05) is 6.61 Å². The van der Waals surface area contributed by atoms with Gasteiger partial charge in [-0.1, -0.05) is 13.8 Å². The van der Waals surface area contributed by atoms with Crippen LogP contribution in [0.15, 0.2) is 0 Å². The predicted octanol–water partition coefficient (Wildman–Crippen LogP) is 1.05. The zero-order valence-electron chi connectivity index (χ0n) is 5.51. The Kier molecular flexibility index (Phi) is 42.4. The van der Waals surface area contributed by atoms with Crippen LogP contribution in [-0.4, -0.2) is 23.0 Å². The van der Waals surface area contributed by atoms with E-state index in [0.29, 0.717) is 0 Å². The van der Waals surface area contributed by atoms with Crippen LogP contribution in [0.25, 0.3) is 0 Å². The van der Waals surface area contributed by atoms with E-state index < -0.39 is 6.23 Å². The molecule has 1 atom stereocenters. The number of halogens is 2. The summed E-state index contributed by atoms with van der Waals surface area (Å²) in [6.45, 7) is 3.64. The Morgan fingerprint density at radius 1 is 1.44 bits per heavy atom. The molecule has 0 aromatic heterocycles. The Hall–Kier alpha value is 1.34. The lowest BCUT2D eigenvalue weighted by Gasteiger charge is -1.91. The zero-order valence-corrected chi connectivity index (χ0v) is 9.83. The average molecular weight is 361 g/mol. The maximum absolute atomic E-state index is 7.89. The first-order valence-corrected chi connectivity index (χ1v) is 8.74. The lowest BCUT2D eigenvalue weighted by molar-refractivity contribution is 0.101. The fraction of sp³-hybridized carbons (Fsp3) is 1.00. The molecule has 0 aliphatic carbocycles. The summed E-state index contributed by atoms with van der Waals surface area (Å²) in [5, 5.41) is 15.7. The summed E-state index contributed by atoms with van der Waals surface area (Å²) in [4.78, 5) is 0. The van der Waals surface area contributed by atoms with Crippen LogP contribution in [0.5, 0.6) is 0 Å². The number of aliphatic hydroxyl groups excluding tert-OH is 2. The van der Waals surface area contributed by atoms with Gasteiger partial charge in [-0.05, 0) is 0 Å². The van der Waals surface area contributed by atoms with Gasteiger partial charge in [0.05, 0.1) is 6.61 Å². The van der Waals surface area contributed by atoms with Gasteiger partial charge in [0.1, 0.15) is 6.23 Å². The Morgan fingerprint density at radius 2 is 1.56 bits per heavy atom. The Morgan fingerprint density at radius 3 is 1.56 bits per heavy atom. The van der Waals surface area contributed by atoms with E-state index in [-0.39, 0.29) is 6.61 Å². The highest BCUT2D eigenvalue weighted by atomic mass is 128. The van der Waals surface area contributed by atoms with Crippen molar-refractivity contribution in [1.29, 1.82) is 0 Å². The van der Waals surface area contributed by atoms with Gasteiger partial charge in [0.2, 0.25) is 0 Å². The van der Waals surface area contributed by atoms with Gasteiger partial charge in [0, 0.05) is 37.2 Å². The van der Waals surface area contributed by atoms with Crippen molar-refractivity contribution in [1.82, 2.24) is 0 Å². The third kappa shape index (κ3) is 45.1. The lowest BCUT2D eigenvalue weighted by atomic mass is 10.7. The van der Waals surface area contributed by atoms with E-state index in [4.69, 9.17) is 10.2 Å². The van der Waals surface area contributed by atoms with Gasteiger partial charge in [-0.3, -0.25) is 0 Å². The zero-order chi connectivity index (χ0) is 8.28. The molecule has 4 N–H and O–H groups in total. The molecule has 0 bridgehead atoms. The first-order chi connectivity index (χ1) is 4.27. The summed E-state index contributed by atoms with van der Waals surface area (Å²) in [6, 6.07) is 0. The van der Waals surface area contributed by atoms with Crippen LogP contribution in [0.2, 0.25) is 0 Å². The monoisotopic (exact) mass is 361 g/mol. The van der Waals surface area contributed by atoms with Gasteiger partial charge in [0.25, 0.3) is 0 Å². The highest BCUT2D eigenvalue weighted by Crippen LogP contribution is 1.89. The van der Waals surface area contributed by atoms with Crippen LogP contribution >= 0.6 is 37.2 Å². The number of aliphatic hydroxyl groups is 2. The standard InChI is InChI=1S/C2H7NO2.C2H6.I2/c3-2(5)1-4;2*1-2/h2,4-5H,1,3H2;1-2H3;. The van der Waals surface area contributed by atoms with Crippen LogP contribution in [0, 0.1) is 0 Å². The van der Waals surface area contributed by atoms with E-state index >= 15 is 0 Å². The van der Waals surface area contributed by atoms with Crippen LogP contribution in [0.4, 0.5) is 0 Å². The molecule has 0 amide bonds. The van der Waals surface area contributed by atoms with E-state index in [9.17, 15) is 0 Å². The third-order valence-corrected chi connectivity index (χ3v) is 0.187. The van der Waals surface area contributed by atoms with E-state index in [1.165, 1.54) is 0 Å². The lowest BCUT2D eigenvalue weighted by Crippen LogP contribution is -2.22. The Bertz CT molecular complexity index is 30.5. The number of hydrogen-bond acceptors (Lipinski definition) is 3.